The van der Waals surface area contributed by atoms with Gasteiger partial charge in [0.25, 0.3) is 0 Å². The van der Waals surface area contributed by atoms with Crippen LogP contribution in [0.25, 0.3) is 0 Å². The van der Waals surface area contributed by atoms with E-state index in [0.717, 1.165) is 22.5 Å². The number of amides is 1. The minimum atomic E-state index is -0.140. The number of halogens is 3. The van der Waals surface area contributed by atoms with Gasteiger partial charge in [0.05, 0.1) is 34.4 Å². The Kier molecular flexibility index (Phi) is 10.4. The van der Waals surface area contributed by atoms with Crippen LogP contribution in [0, 0.1) is 11.3 Å². The molecule has 0 radical (unpaired) electrons. The van der Waals surface area contributed by atoms with Gasteiger partial charge in [-0.25, -0.2) is 4.98 Å². The normalized spacial score (nSPS) is 10.6. The van der Waals surface area contributed by atoms with Crippen LogP contribution in [0.5, 0.6) is 0 Å². The fourth-order valence-corrected chi connectivity index (χ4v) is 4.72. The van der Waals surface area contributed by atoms with Crippen molar-refractivity contribution in [1.29, 1.82) is 5.26 Å². The van der Waals surface area contributed by atoms with Crippen LogP contribution in [-0.4, -0.2) is 38.6 Å². The molecule has 0 aliphatic rings. The van der Waals surface area contributed by atoms with Crippen LogP contribution in [0.4, 0.5) is 5.69 Å². The van der Waals surface area contributed by atoms with E-state index in [-0.39, 0.29) is 12.3 Å². The molecule has 0 saturated carbocycles. The standard InChI is InChI=1S/C29H25Cl3N6OS/c30-23-8-10-24(11-9-23)36-29(40)37(18-22-2-1-3-26(31)28(22)32)13-12-35-27(39)14-25-16-34-19-38(25)17-21-6-4-20(15-33)5-7-21/h1-11,16,19H,12-14,17-18H2,(H,35,39)(H,36,40). The number of nitrogens with zero attached hydrogens (tertiary/aromatic N) is 4. The molecule has 0 atom stereocenters. The highest BCUT2D eigenvalue weighted by Gasteiger charge is 2.15. The number of carbonyl (C=O) groups excluding carboxylic acids is 1. The number of aromatic nitrogens is 2. The number of rotatable bonds is 10. The second kappa shape index (κ2) is 14.1. The molecule has 1 aromatic heterocycles. The second-order valence-corrected chi connectivity index (χ2v) is 10.5. The van der Waals surface area contributed by atoms with Gasteiger partial charge in [0.15, 0.2) is 5.11 Å². The van der Waals surface area contributed by atoms with Crippen LogP contribution in [0.2, 0.25) is 15.1 Å². The van der Waals surface area contributed by atoms with E-state index in [0.29, 0.717) is 51.9 Å². The number of carbonyl (C=O) groups is 1. The molecule has 0 bridgehead atoms. The van der Waals surface area contributed by atoms with Gasteiger partial charge in [-0.15, -0.1) is 0 Å². The van der Waals surface area contributed by atoms with Crippen molar-refractivity contribution in [2.45, 2.75) is 19.5 Å². The lowest BCUT2D eigenvalue weighted by Gasteiger charge is -2.27. The molecule has 0 aliphatic carbocycles. The highest BCUT2D eigenvalue weighted by atomic mass is 35.5. The molecule has 40 heavy (non-hydrogen) atoms. The van der Waals surface area contributed by atoms with Crippen LogP contribution in [0.15, 0.2) is 79.3 Å². The van der Waals surface area contributed by atoms with Crippen LogP contribution < -0.4 is 10.6 Å². The molecule has 0 fully saturated rings. The molecule has 2 N–H and O–H groups in total. The summed E-state index contributed by atoms with van der Waals surface area (Å²) >= 11 is 24.4. The largest absolute Gasteiger partial charge is 0.354 e. The fourth-order valence-electron chi connectivity index (χ4n) is 3.94. The van der Waals surface area contributed by atoms with E-state index in [1.807, 2.05) is 45.9 Å². The van der Waals surface area contributed by atoms with E-state index in [1.54, 1.807) is 42.9 Å². The lowest BCUT2D eigenvalue weighted by Crippen LogP contribution is -2.40. The zero-order valence-electron chi connectivity index (χ0n) is 21.3. The van der Waals surface area contributed by atoms with Gasteiger partial charge in [0.1, 0.15) is 0 Å². The first-order valence-electron chi connectivity index (χ1n) is 12.3. The maximum absolute atomic E-state index is 12.8. The number of thiocarbonyl (C=S) groups is 1. The Bertz CT molecular complexity index is 1520. The van der Waals surface area contributed by atoms with Crippen molar-refractivity contribution >= 4 is 63.7 Å². The molecule has 7 nitrogen and oxygen atoms in total. The maximum Gasteiger partial charge on any atom is 0.226 e. The maximum atomic E-state index is 12.8. The molecular formula is C29H25Cl3N6OS. The third-order valence-corrected chi connectivity index (χ3v) is 7.53. The van der Waals surface area contributed by atoms with E-state index in [1.165, 1.54) is 0 Å². The van der Waals surface area contributed by atoms with Crippen LogP contribution in [-0.2, 0) is 24.3 Å². The Hall–Kier alpha value is -3.61. The van der Waals surface area contributed by atoms with Crippen LogP contribution in [0.3, 0.4) is 0 Å². The summed E-state index contributed by atoms with van der Waals surface area (Å²) in [6.07, 6.45) is 3.55. The summed E-state index contributed by atoms with van der Waals surface area (Å²) in [6.45, 7) is 1.72. The summed E-state index contributed by atoms with van der Waals surface area (Å²) in [6, 6.07) is 22.1. The van der Waals surface area contributed by atoms with Gasteiger partial charge in [0.2, 0.25) is 5.91 Å². The quantitative estimate of drug-likeness (QED) is 0.204. The Morgan fingerprint density at radius 3 is 2.52 bits per heavy atom. The Labute approximate surface area is 253 Å². The van der Waals surface area contributed by atoms with Crippen molar-refractivity contribution in [2.24, 2.45) is 0 Å². The second-order valence-electron chi connectivity index (χ2n) is 8.92. The third kappa shape index (κ3) is 8.20. The predicted octanol–water partition coefficient (Wildman–Crippen LogP) is 6.32. The summed E-state index contributed by atoms with van der Waals surface area (Å²) in [4.78, 5) is 18.9. The molecule has 1 heterocycles. The van der Waals surface area contributed by atoms with Gasteiger partial charge < -0.3 is 20.1 Å². The number of nitriles is 1. The highest BCUT2D eigenvalue weighted by molar-refractivity contribution is 7.80. The van der Waals surface area contributed by atoms with E-state index < -0.39 is 0 Å². The van der Waals surface area contributed by atoms with Crippen molar-refractivity contribution in [1.82, 2.24) is 19.8 Å². The molecule has 11 heteroatoms. The zero-order valence-corrected chi connectivity index (χ0v) is 24.4. The molecular weight excluding hydrogens is 587 g/mol. The number of benzene rings is 3. The van der Waals surface area contributed by atoms with Crippen LogP contribution in [0.1, 0.15) is 22.4 Å². The van der Waals surface area contributed by atoms with Gasteiger partial charge >= 0.3 is 0 Å². The molecule has 4 rings (SSSR count). The number of hydrogen-bond donors (Lipinski definition) is 2. The average molecular weight is 612 g/mol. The van der Waals surface area contributed by atoms with Gasteiger partial charge in [0, 0.05) is 48.8 Å². The summed E-state index contributed by atoms with van der Waals surface area (Å²) in [7, 11) is 0. The molecule has 4 aromatic rings. The van der Waals surface area contributed by atoms with E-state index in [2.05, 4.69) is 21.7 Å². The molecule has 3 aromatic carbocycles. The molecule has 0 unspecified atom stereocenters. The summed E-state index contributed by atoms with van der Waals surface area (Å²) < 4.78 is 1.92. The van der Waals surface area contributed by atoms with Crippen molar-refractivity contribution in [3.8, 4) is 6.07 Å². The first-order chi connectivity index (χ1) is 19.3. The molecule has 204 valence electrons. The fraction of sp³-hybridized carbons (Fsp3) is 0.172. The molecule has 0 spiro atoms. The smallest absolute Gasteiger partial charge is 0.226 e. The summed E-state index contributed by atoms with van der Waals surface area (Å²) in [5.74, 6) is -0.140. The zero-order chi connectivity index (χ0) is 28.5. The average Bonchev–Trinajstić information content (AvgIpc) is 3.38. The van der Waals surface area contributed by atoms with Crippen LogP contribution >= 0.6 is 47.0 Å². The molecule has 0 aliphatic heterocycles. The number of hydrogen-bond acceptors (Lipinski definition) is 4. The van der Waals surface area contributed by atoms with Gasteiger partial charge in [-0.3, -0.25) is 4.79 Å². The molecule has 0 saturated heterocycles. The van der Waals surface area contributed by atoms with Crippen molar-refractivity contribution in [3.63, 3.8) is 0 Å². The topological polar surface area (TPSA) is 86.0 Å². The van der Waals surface area contributed by atoms with E-state index in [9.17, 15) is 4.79 Å². The minimum absolute atomic E-state index is 0.140. The lowest BCUT2D eigenvalue weighted by atomic mass is 10.1. The van der Waals surface area contributed by atoms with E-state index in [4.69, 9.17) is 52.3 Å². The number of anilines is 1. The van der Waals surface area contributed by atoms with E-state index >= 15 is 0 Å². The first-order valence-corrected chi connectivity index (χ1v) is 13.9. The highest BCUT2D eigenvalue weighted by Crippen LogP contribution is 2.27. The first kappa shape index (κ1) is 29.4. The minimum Gasteiger partial charge on any atom is -0.354 e. The predicted molar refractivity (Wildman–Crippen MR) is 164 cm³/mol. The SMILES string of the molecule is N#Cc1ccc(Cn2cncc2CC(=O)NCCN(Cc2cccc(Cl)c2Cl)C(=S)Nc2ccc(Cl)cc2)cc1. The number of imidazole rings is 1. The van der Waals surface area contributed by atoms with Crippen molar-refractivity contribution in [3.05, 3.63) is 117 Å². The Morgan fingerprint density at radius 2 is 1.80 bits per heavy atom. The molecule has 1 amide bonds. The van der Waals surface area contributed by atoms with Crippen molar-refractivity contribution < 1.29 is 4.79 Å². The Balaban J connectivity index is 1.37. The van der Waals surface area contributed by atoms with Gasteiger partial charge in [-0.2, -0.15) is 5.26 Å². The lowest BCUT2D eigenvalue weighted by molar-refractivity contribution is -0.120. The van der Waals surface area contributed by atoms with Gasteiger partial charge in [-0.05, 0) is 65.8 Å². The van der Waals surface area contributed by atoms with Gasteiger partial charge in [-0.1, -0.05) is 59.1 Å². The third-order valence-electron chi connectivity index (χ3n) is 6.06. The Morgan fingerprint density at radius 1 is 1.05 bits per heavy atom. The summed E-state index contributed by atoms with van der Waals surface area (Å²) in [5, 5.41) is 17.2. The number of nitrogens with one attached hydrogen (secondary N) is 2. The monoisotopic (exact) mass is 610 g/mol. The van der Waals surface area contributed by atoms with Crippen molar-refractivity contribution in [2.75, 3.05) is 18.4 Å². The summed E-state index contributed by atoms with van der Waals surface area (Å²) in [5.41, 5.74) is 3.99.